The number of benzene rings is 2. The molecule has 0 aromatic heterocycles. The first-order valence-electron chi connectivity index (χ1n) is 6.42. The predicted molar refractivity (Wildman–Crippen MR) is 90.1 cm³/mol. The zero-order valence-corrected chi connectivity index (χ0v) is 14.7. The molecule has 0 spiro atoms. The summed E-state index contributed by atoms with van der Waals surface area (Å²) in [5.41, 5.74) is 2.40. The van der Waals surface area contributed by atoms with Gasteiger partial charge in [0.2, 0.25) is 0 Å². The van der Waals surface area contributed by atoms with Crippen LogP contribution in [0.2, 0.25) is 0 Å². The molecule has 0 bridgehead atoms. The van der Waals surface area contributed by atoms with Gasteiger partial charge in [-0.15, -0.1) is 0 Å². The molecule has 0 aliphatic carbocycles. The smallest absolute Gasteiger partial charge is 0.137 e. The maximum atomic E-state index is 5.46. The first-order valence-corrected chi connectivity index (χ1v) is 8.00. The second kappa shape index (κ2) is 7.25. The molecule has 2 aromatic carbocycles. The molecule has 2 rings (SSSR count). The minimum Gasteiger partial charge on any atom is -0.495 e. The lowest BCUT2D eigenvalue weighted by Crippen LogP contribution is -2.18. The van der Waals surface area contributed by atoms with Crippen LogP contribution in [0.3, 0.4) is 0 Å². The summed E-state index contributed by atoms with van der Waals surface area (Å²) < 4.78 is 7.45. The molecule has 0 fully saturated rings. The number of nitrogens with one attached hydrogen (secondary N) is 1. The molecule has 2 nitrogen and oxygen atoms in total. The molecule has 0 saturated carbocycles. The van der Waals surface area contributed by atoms with E-state index in [1.54, 1.807) is 7.11 Å². The van der Waals surface area contributed by atoms with Gasteiger partial charge in [0, 0.05) is 22.6 Å². The molecule has 1 atom stereocenters. The van der Waals surface area contributed by atoms with E-state index in [0.717, 1.165) is 26.8 Å². The summed E-state index contributed by atoms with van der Waals surface area (Å²) in [6, 6.07) is 14.8. The monoisotopic (exact) mass is 397 g/mol. The number of hydrogen-bond acceptors (Lipinski definition) is 2. The van der Waals surface area contributed by atoms with E-state index >= 15 is 0 Å². The van der Waals surface area contributed by atoms with Crippen molar-refractivity contribution in [3.63, 3.8) is 0 Å². The zero-order valence-electron chi connectivity index (χ0n) is 11.5. The van der Waals surface area contributed by atoms with Crippen LogP contribution >= 0.6 is 31.9 Å². The fourth-order valence-electron chi connectivity index (χ4n) is 2.10. The molecule has 4 heteroatoms. The van der Waals surface area contributed by atoms with Gasteiger partial charge in [0.15, 0.2) is 0 Å². The van der Waals surface area contributed by atoms with Crippen molar-refractivity contribution in [3.8, 4) is 5.75 Å². The summed E-state index contributed by atoms with van der Waals surface area (Å²) in [4.78, 5) is 0. The lowest BCUT2D eigenvalue weighted by Gasteiger charge is -2.17. The van der Waals surface area contributed by atoms with E-state index in [9.17, 15) is 0 Å². The minimum atomic E-state index is 0.290. The van der Waals surface area contributed by atoms with Gasteiger partial charge < -0.3 is 10.1 Å². The van der Waals surface area contributed by atoms with E-state index in [1.165, 1.54) is 5.56 Å². The summed E-state index contributed by atoms with van der Waals surface area (Å²) in [6.45, 7) is 2.91. The van der Waals surface area contributed by atoms with Crippen molar-refractivity contribution in [1.29, 1.82) is 0 Å². The fourth-order valence-corrected chi connectivity index (χ4v) is 3.57. The minimum absolute atomic E-state index is 0.290. The van der Waals surface area contributed by atoms with Gasteiger partial charge in [0.25, 0.3) is 0 Å². The van der Waals surface area contributed by atoms with E-state index in [-0.39, 0.29) is 0 Å². The fraction of sp³-hybridized carbons (Fsp3) is 0.250. The Kier molecular flexibility index (Phi) is 5.64. The van der Waals surface area contributed by atoms with Crippen molar-refractivity contribution >= 4 is 31.9 Å². The highest BCUT2D eigenvalue weighted by molar-refractivity contribution is 9.11. The van der Waals surface area contributed by atoms with Crippen molar-refractivity contribution in [2.45, 2.75) is 19.5 Å². The Morgan fingerprint density at radius 1 is 1.15 bits per heavy atom. The van der Waals surface area contributed by atoms with Gasteiger partial charge in [0.05, 0.1) is 11.6 Å². The van der Waals surface area contributed by atoms with Gasteiger partial charge in [-0.1, -0.05) is 46.3 Å². The third-order valence-electron chi connectivity index (χ3n) is 3.19. The van der Waals surface area contributed by atoms with Gasteiger partial charge in [-0.05, 0) is 40.5 Å². The summed E-state index contributed by atoms with van der Waals surface area (Å²) in [5.74, 6) is 0.876. The number of hydrogen-bond donors (Lipinski definition) is 1. The van der Waals surface area contributed by atoms with Crippen LogP contribution in [0.5, 0.6) is 5.75 Å². The highest BCUT2D eigenvalue weighted by Crippen LogP contribution is 2.32. The maximum absolute atomic E-state index is 5.46. The van der Waals surface area contributed by atoms with Crippen LogP contribution in [-0.4, -0.2) is 7.11 Å². The molecular formula is C16H17Br2NO. The third kappa shape index (κ3) is 3.84. The van der Waals surface area contributed by atoms with Crippen LogP contribution in [0.15, 0.2) is 51.4 Å². The van der Waals surface area contributed by atoms with E-state index in [0.29, 0.717) is 6.04 Å². The molecule has 0 heterocycles. The SMILES string of the molecule is COc1c(Br)cc(Br)cc1CN[C@@H](C)c1ccccc1. The van der Waals surface area contributed by atoms with E-state index < -0.39 is 0 Å². The first-order chi connectivity index (χ1) is 9.61. The topological polar surface area (TPSA) is 21.3 Å². The Hall–Kier alpha value is -0.840. The van der Waals surface area contributed by atoms with Crippen LogP contribution < -0.4 is 10.1 Å². The van der Waals surface area contributed by atoms with Crippen molar-refractivity contribution in [3.05, 3.63) is 62.5 Å². The van der Waals surface area contributed by atoms with Crippen molar-refractivity contribution in [2.75, 3.05) is 7.11 Å². The van der Waals surface area contributed by atoms with Crippen LogP contribution in [0, 0.1) is 0 Å². The second-order valence-corrected chi connectivity index (χ2v) is 6.36. The summed E-state index contributed by atoms with van der Waals surface area (Å²) in [6.07, 6.45) is 0. The van der Waals surface area contributed by atoms with Crippen LogP contribution in [0.4, 0.5) is 0 Å². The van der Waals surface area contributed by atoms with Crippen LogP contribution in [0.25, 0.3) is 0 Å². The molecule has 20 heavy (non-hydrogen) atoms. The van der Waals surface area contributed by atoms with Gasteiger partial charge >= 0.3 is 0 Å². The van der Waals surface area contributed by atoms with E-state index in [4.69, 9.17) is 4.74 Å². The molecule has 2 aromatic rings. The Bertz CT molecular complexity index is 572. The quantitative estimate of drug-likeness (QED) is 0.758. The highest BCUT2D eigenvalue weighted by atomic mass is 79.9. The summed E-state index contributed by atoms with van der Waals surface area (Å²) in [5, 5.41) is 3.52. The van der Waals surface area contributed by atoms with Gasteiger partial charge in [-0.3, -0.25) is 0 Å². The largest absolute Gasteiger partial charge is 0.495 e. The lowest BCUT2D eigenvalue weighted by molar-refractivity contribution is 0.403. The normalized spacial score (nSPS) is 12.2. The molecule has 0 aliphatic heterocycles. The molecular weight excluding hydrogens is 382 g/mol. The third-order valence-corrected chi connectivity index (χ3v) is 4.23. The van der Waals surface area contributed by atoms with Crippen molar-refractivity contribution in [1.82, 2.24) is 5.32 Å². The number of halogens is 2. The van der Waals surface area contributed by atoms with Crippen molar-refractivity contribution in [2.24, 2.45) is 0 Å². The molecule has 106 valence electrons. The molecule has 1 N–H and O–H groups in total. The Labute approximate surface area is 136 Å². The number of rotatable bonds is 5. The second-order valence-electron chi connectivity index (χ2n) is 4.59. The standard InChI is InChI=1S/C16H17Br2NO/c1-11(12-6-4-3-5-7-12)19-10-13-8-14(17)9-15(18)16(13)20-2/h3-9,11,19H,10H2,1-2H3/t11-/m0/s1. The zero-order chi connectivity index (χ0) is 14.5. The first kappa shape index (κ1) is 15.5. The summed E-state index contributed by atoms with van der Waals surface area (Å²) >= 11 is 7.04. The number of methoxy groups -OCH3 is 1. The highest BCUT2D eigenvalue weighted by Gasteiger charge is 2.11. The summed E-state index contributed by atoms with van der Waals surface area (Å²) in [7, 11) is 1.69. The Morgan fingerprint density at radius 2 is 1.85 bits per heavy atom. The average molecular weight is 399 g/mol. The Balaban J connectivity index is 2.11. The molecule has 0 aliphatic rings. The molecule has 0 amide bonds. The molecule has 0 radical (unpaired) electrons. The number of ether oxygens (including phenoxy) is 1. The molecule has 0 unspecified atom stereocenters. The van der Waals surface area contributed by atoms with Gasteiger partial charge in [-0.2, -0.15) is 0 Å². The van der Waals surface area contributed by atoms with Crippen LogP contribution in [0.1, 0.15) is 24.1 Å². The van der Waals surface area contributed by atoms with E-state index in [2.05, 4.69) is 74.4 Å². The predicted octanol–water partition coefficient (Wildman–Crippen LogP) is 5.07. The molecule has 0 saturated heterocycles. The van der Waals surface area contributed by atoms with E-state index in [1.807, 2.05) is 12.1 Å². The van der Waals surface area contributed by atoms with Crippen molar-refractivity contribution < 1.29 is 4.74 Å². The maximum Gasteiger partial charge on any atom is 0.137 e. The Morgan fingerprint density at radius 3 is 2.50 bits per heavy atom. The van der Waals surface area contributed by atoms with Gasteiger partial charge in [0.1, 0.15) is 5.75 Å². The van der Waals surface area contributed by atoms with Crippen LogP contribution in [-0.2, 0) is 6.54 Å². The van der Waals surface area contributed by atoms with Gasteiger partial charge in [-0.25, -0.2) is 0 Å². The average Bonchev–Trinajstić information content (AvgIpc) is 2.45. The lowest BCUT2D eigenvalue weighted by atomic mass is 10.1.